The van der Waals surface area contributed by atoms with Gasteiger partial charge in [-0.2, -0.15) is 0 Å². The molecular formula is C18H16FNO5. The molecule has 2 heterocycles. The summed E-state index contributed by atoms with van der Waals surface area (Å²) in [4.78, 5) is 12.0. The summed E-state index contributed by atoms with van der Waals surface area (Å²) in [6.07, 6.45) is 0.510. The van der Waals surface area contributed by atoms with Crippen molar-refractivity contribution in [3.8, 4) is 5.75 Å². The van der Waals surface area contributed by atoms with Gasteiger partial charge in [-0.15, -0.1) is 0 Å². The Morgan fingerprint density at radius 1 is 1.20 bits per heavy atom. The molecule has 0 aliphatic carbocycles. The van der Waals surface area contributed by atoms with Crippen LogP contribution in [0.3, 0.4) is 0 Å². The molecule has 0 fully saturated rings. The zero-order valence-corrected chi connectivity index (χ0v) is 13.1. The van der Waals surface area contributed by atoms with Gasteiger partial charge in [-0.1, -0.05) is 0 Å². The van der Waals surface area contributed by atoms with E-state index in [1.54, 1.807) is 18.2 Å². The van der Waals surface area contributed by atoms with Crippen molar-refractivity contribution < 1.29 is 27.9 Å². The first kappa shape index (κ1) is 16.8. The number of amides is 1. The molecular weight excluding hydrogens is 329 g/mol. The van der Waals surface area contributed by atoms with E-state index in [2.05, 4.69) is 5.32 Å². The van der Waals surface area contributed by atoms with Gasteiger partial charge in [0.2, 0.25) is 0 Å². The number of hydrogen-bond donors (Lipinski definition) is 2. The fourth-order valence-corrected chi connectivity index (χ4v) is 2.12. The first-order chi connectivity index (χ1) is 12.1. The van der Waals surface area contributed by atoms with E-state index in [9.17, 15) is 14.3 Å². The molecule has 0 radical (unpaired) electrons. The van der Waals surface area contributed by atoms with E-state index in [1.807, 2.05) is 0 Å². The Balaban J connectivity index is 1.50. The van der Waals surface area contributed by atoms with Crippen LogP contribution in [0.4, 0.5) is 4.39 Å². The molecule has 3 rings (SSSR count). The monoisotopic (exact) mass is 345 g/mol. The van der Waals surface area contributed by atoms with Crippen molar-refractivity contribution in [3.05, 3.63) is 77.9 Å². The van der Waals surface area contributed by atoms with Gasteiger partial charge in [0.25, 0.3) is 5.91 Å². The lowest BCUT2D eigenvalue weighted by Gasteiger charge is -2.08. The molecule has 130 valence electrons. The number of aliphatic hydroxyl groups excluding tert-OH is 1. The van der Waals surface area contributed by atoms with Gasteiger partial charge in [0, 0.05) is 0 Å². The van der Waals surface area contributed by atoms with Crippen molar-refractivity contribution >= 4 is 5.91 Å². The number of rotatable bonds is 7. The van der Waals surface area contributed by atoms with Crippen molar-refractivity contribution in [2.75, 3.05) is 6.54 Å². The van der Waals surface area contributed by atoms with Gasteiger partial charge < -0.3 is 24.0 Å². The second kappa shape index (κ2) is 7.67. The van der Waals surface area contributed by atoms with E-state index in [1.165, 1.54) is 36.6 Å². The molecule has 1 unspecified atom stereocenters. The predicted molar refractivity (Wildman–Crippen MR) is 85.4 cm³/mol. The average molecular weight is 345 g/mol. The van der Waals surface area contributed by atoms with E-state index < -0.39 is 12.0 Å². The van der Waals surface area contributed by atoms with Crippen molar-refractivity contribution in [2.24, 2.45) is 0 Å². The molecule has 2 N–H and O–H groups in total. The molecule has 0 saturated heterocycles. The van der Waals surface area contributed by atoms with E-state index >= 15 is 0 Å². The molecule has 0 saturated carbocycles. The Hall–Kier alpha value is -3.06. The van der Waals surface area contributed by atoms with Crippen LogP contribution in [0.15, 0.2) is 63.6 Å². The summed E-state index contributed by atoms with van der Waals surface area (Å²) < 4.78 is 28.7. The van der Waals surface area contributed by atoms with Crippen LogP contribution in [0.25, 0.3) is 0 Å². The lowest BCUT2D eigenvalue weighted by molar-refractivity contribution is 0.0870. The van der Waals surface area contributed by atoms with Crippen LogP contribution >= 0.6 is 0 Å². The number of halogens is 1. The molecule has 2 aromatic heterocycles. The first-order valence-electron chi connectivity index (χ1n) is 7.58. The fourth-order valence-electron chi connectivity index (χ4n) is 2.12. The van der Waals surface area contributed by atoms with E-state index in [0.717, 1.165) is 0 Å². The standard InChI is InChI=1S/C18H16FNO5/c19-12-3-5-13(6-4-12)24-11-14-7-8-17(25-14)18(22)20-10-15(21)16-2-1-9-23-16/h1-9,15,21H,10-11H2,(H,20,22). The van der Waals surface area contributed by atoms with Gasteiger partial charge in [0.1, 0.15) is 35.8 Å². The predicted octanol–water partition coefficient (Wildman–Crippen LogP) is 3.05. The van der Waals surface area contributed by atoms with E-state index in [0.29, 0.717) is 17.3 Å². The van der Waals surface area contributed by atoms with Gasteiger partial charge in [-0.25, -0.2) is 4.39 Å². The maximum absolute atomic E-state index is 12.8. The van der Waals surface area contributed by atoms with Gasteiger partial charge in [-0.05, 0) is 48.5 Å². The van der Waals surface area contributed by atoms with Crippen LogP contribution in [-0.2, 0) is 6.61 Å². The van der Waals surface area contributed by atoms with Gasteiger partial charge in [0.05, 0.1) is 12.8 Å². The Morgan fingerprint density at radius 2 is 2.00 bits per heavy atom. The average Bonchev–Trinajstić information content (AvgIpc) is 3.30. The number of ether oxygens (including phenoxy) is 1. The third-order valence-corrected chi connectivity index (χ3v) is 3.41. The number of hydrogen-bond acceptors (Lipinski definition) is 5. The minimum absolute atomic E-state index is 0.00550. The summed E-state index contributed by atoms with van der Waals surface area (Å²) in [5, 5.41) is 12.4. The maximum Gasteiger partial charge on any atom is 0.287 e. The van der Waals surface area contributed by atoms with Crippen LogP contribution in [0.5, 0.6) is 5.75 Å². The zero-order chi connectivity index (χ0) is 17.6. The Bertz CT molecular complexity index is 810. The number of carbonyl (C=O) groups is 1. The van der Waals surface area contributed by atoms with Crippen LogP contribution < -0.4 is 10.1 Å². The fraction of sp³-hybridized carbons (Fsp3) is 0.167. The zero-order valence-electron chi connectivity index (χ0n) is 13.1. The van der Waals surface area contributed by atoms with Crippen LogP contribution in [-0.4, -0.2) is 17.6 Å². The van der Waals surface area contributed by atoms with Crippen LogP contribution in [0, 0.1) is 5.82 Å². The topological polar surface area (TPSA) is 84.8 Å². The Morgan fingerprint density at radius 3 is 2.72 bits per heavy atom. The third kappa shape index (κ3) is 4.48. The van der Waals surface area contributed by atoms with Gasteiger partial charge in [-0.3, -0.25) is 4.79 Å². The summed E-state index contributed by atoms with van der Waals surface area (Å²) in [5.74, 6) is 0.601. The summed E-state index contributed by atoms with van der Waals surface area (Å²) >= 11 is 0. The highest BCUT2D eigenvalue weighted by Gasteiger charge is 2.15. The van der Waals surface area contributed by atoms with Crippen LogP contribution in [0.1, 0.15) is 28.2 Å². The summed E-state index contributed by atoms with van der Waals surface area (Å²) in [6.45, 7) is 0.0996. The number of furan rings is 2. The highest BCUT2D eigenvalue weighted by molar-refractivity contribution is 5.91. The smallest absolute Gasteiger partial charge is 0.287 e. The maximum atomic E-state index is 12.8. The van der Waals surface area contributed by atoms with Gasteiger partial charge in [0.15, 0.2) is 5.76 Å². The van der Waals surface area contributed by atoms with Crippen molar-refractivity contribution in [3.63, 3.8) is 0 Å². The first-order valence-corrected chi connectivity index (χ1v) is 7.58. The molecule has 1 aromatic carbocycles. The summed E-state index contributed by atoms with van der Waals surface area (Å²) in [6, 6.07) is 12.0. The van der Waals surface area contributed by atoms with Crippen molar-refractivity contribution in [2.45, 2.75) is 12.7 Å². The molecule has 0 bridgehead atoms. The molecule has 25 heavy (non-hydrogen) atoms. The normalized spacial score (nSPS) is 11.9. The van der Waals surface area contributed by atoms with Gasteiger partial charge >= 0.3 is 0 Å². The minimum Gasteiger partial charge on any atom is -0.486 e. The number of benzene rings is 1. The minimum atomic E-state index is -0.935. The molecule has 1 amide bonds. The van der Waals surface area contributed by atoms with E-state index in [-0.39, 0.29) is 24.7 Å². The summed E-state index contributed by atoms with van der Waals surface area (Å²) in [5.41, 5.74) is 0. The largest absolute Gasteiger partial charge is 0.486 e. The second-order valence-corrected chi connectivity index (χ2v) is 5.25. The number of nitrogens with one attached hydrogen (secondary N) is 1. The number of aliphatic hydroxyl groups is 1. The van der Waals surface area contributed by atoms with Crippen molar-refractivity contribution in [1.29, 1.82) is 0 Å². The highest BCUT2D eigenvalue weighted by atomic mass is 19.1. The second-order valence-electron chi connectivity index (χ2n) is 5.25. The molecule has 0 aliphatic rings. The Kier molecular flexibility index (Phi) is 5.15. The Labute approximate surface area is 142 Å². The molecule has 0 spiro atoms. The number of carbonyl (C=O) groups excluding carboxylic acids is 1. The quantitative estimate of drug-likeness (QED) is 0.687. The lowest BCUT2D eigenvalue weighted by Crippen LogP contribution is -2.27. The molecule has 0 aliphatic heterocycles. The molecule has 3 aromatic rings. The molecule has 1 atom stereocenters. The van der Waals surface area contributed by atoms with Crippen molar-refractivity contribution in [1.82, 2.24) is 5.32 Å². The third-order valence-electron chi connectivity index (χ3n) is 3.41. The van der Waals surface area contributed by atoms with E-state index in [4.69, 9.17) is 13.6 Å². The summed E-state index contributed by atoms with van der Waals surface area (Å²) in [7, 11) is 0. The molecule has 6 nitrogen and oxygen atoms in total. The van der Waals surface area contributed by atoms with Crippen LogP contribution in [0.2, 0.25) is 0 Å². The molecule has 7 heteroatoms. The lowest BCUT2D eigenvalue weighted by atomic mass is 10.2. The highest BCUT2D eigenvalue weighted by Crippen LogP contribution is 2.16. The SMILES string of the molecule is O=C(NCC(O)c1ccco1)c1ccc(COc2ccc(F)cc2)o1.